The number of thiophene rings is 1. The van der Waals surface area contributed by atoms with E-state index in [-0.39, 0.29) is 17.5 Å². The summed E-state index contributed by atoms with van der Waals surface area (Å²) in [5.41, 5.74) is 10.1. The number of amides is 2. The fourth-order valence-corrected chi connectivity index (χ4v) is 5.38. The molecule has 4 N–H and O–H groups in total. The third-order valence-electron chi connectivity index (χ3n) is 6.43. The number of benzene rings is 4. The summed E-state index contributed by atoms with van der Waals surface area (Å²) in [7, 11) is 0. The number of fused-ring (bicyclic) bond motifs is 1. The van der Waals surface area contributed by atoms with Crippen molar-refractivity contribution < 1.29 is 14.0 Å². The van der Waals surface area contributed by atoms with Gasteiger partial charge in [-0.05, 0) is 71.0 Å². The molecule has 0 spiro atoms. The van der Waals surface area contributed by atoms with E-state index in [9.17, 15) is 9.59 Å². The molecule has 2 atom stereocenters. The number of carbonyl (C=O) groups is 2. The first-order valence-electron chi connectivity index (χ1n) is 12.3. The van der Waals surface area contributed by atoms with Gasteiger partial charge in [0.2, 0.25) is 6.17 Å². The van der Waals surface area contributed by atoms with Crippen LogP contribution in [-0.4, -0.2) is 11.8 Å². The molecule has 1 unspecified atom stereocenters. The van der Waals surface area contributed by atoms with E-state index in [1.54, 1.807) is 61.5 Å². The fourth-order valence-electron chi connectivity index (χ4n) is 4.25. The van der Waals surface area contributed by atoms with E-state index in [2.05, 4.69) is 10.6 Å². The number of rotatable bonds is 7. The summed E-state index contributed by atoms with van der Waals surface area (Å²) in [5, 5.41) is 6.96. The number of carbonyl (C=O) groups excluding carboxylic acids is 2. The van der Waals surface area contributed by atoms with Gasteiger partial charge in [-0.15, -0.1) is 11.3 Å². The Morgan fingerprint density at radius 3 is 2.33 bits per heavy atom. The molecule has 0 fully saturated rings. The molecule has 39 heavy (non-hydrogen) atoms. The van der Waals surface area contributed by atoms with E-state index >= 15 is 4.39 Å². The Bertz CT molecular complexity index is 1650. The Morgan fingerprint density at radius 1 is 0.872 bits per heavy atom. The highest BCUT2D eigenvalue weighted by Gasteiger charge is 2.23. The summed E-state index contributed by atoms with van der Waals surface area (Å²) in [5.74, 6) is -1.05. The average Bonchev–Trinajstić information content (AvgIpc) is 3.38. The van der Waals surface area contributed by atoms with Crippen LogP contribution in [0, 0.1) is 0 Å². The first kappa shape index (κ1) is 26.4. The van der Waals surface area contributed by atoms with Gasteiger partial charge in [0.25, 0.3) is 11.8 Å². The van der Waals surface area contributed by atoms with Gasteiger partial charge in [-0.2, -0.15) is 0 Å². The van der Waals surface area contributed by atoms with E-state index in [1.165, 1.54) is 11.3 Å². The smallest absolute Gasteiger partial charge is 0.265 e. The number of alkyl halides is 1. The number of anilines is 2. The minimum absolute atomic E-state index is 0.219. The Morgan fingerprint density at radius 2 is 1.59 bits per heavy atom. The zero-order chi connectivity index (χ0) is 27.5. The highest BCUT2D eigenvalue weighted by molar-refractivity contribution is 7.20. The Kier molecular flexibility index (Phi) is 7.63. The van der Waals surface area contributed by atoms with Gasteiger partial charge in [0.15, 0.2) is 0 Å². The van der Waals surface area contributed by atoms with Crippen LogP contribution in [-0.2, 0) is 4.79 Å². The maximum atomic E-state index is 15.2. The molecule has 4 aromatic carbocycles. The molecule has 1 aromatic heterocycles. The average molecular weight is 558 g/mol. The van der Waals surface area contributed by atoms with Gasteiger partial charge in [-0.1, -0.05) is 72.3 Å². The van der Waals surface area contributed by atoms with Crippen LogP contribution >= 0.6 is 22.9 Å². The lowest BCUT2D eigenvalue weighted by Crippen LogP contribution is -2.30. The molecule has 196 valence electrons. The number of halogens is 2. The number of hydrogen-bond acceptors (Lipinski definition) is 4. The largest absolute Gasteiger partial charge is 0.397 e. The van der Waals surface area contributed by atoms with E-state index in [4.69, 9.17) is 17.3 Å². The van der Waals surface area contributed by atoms with E-state index in [0.717, 1.165) is 22.1 Å². The van der Waals surface area contributed by atoms with E-state index < -0.39 is 12.1 Å². The molecule has 2 amide bonds. The summed E-state index contributed by atoms with van der Waals surface area (Å²) in [6, 6.07) is 28.6. The van der Waals surface area contributed by atoms with Gasteiger partial charge in [-0.3, -0.25) is 9.59 Å². The van der Waals surface area contributed by atoms with Crippen LogP contribution in [0.4, 0.5) is 15.8 Å². The number of nitrogens with two attached hydrogens (primary N) is 1. The standard InChI is InChI=1S/C31H25ClFN3O2S/c1-18(19-9-12-24(32)13-10-19)35-31(38)29(33)23-8-7-22-16-28(39-27(22)17-23)30(37)36-26-15-21(11-14-25(26)34)20-5-3-2-4-6-20/h2-18,29H,34H2,1H3,(H,35,38)(H,36,37)/t18-,29?/m0/s1. The molecule has 5 nitrogen and oxygen atoms in total. The van der Waals surface area contributed by atoms with Gasteiger partial charge in [0.05, 0.1) is 22.3 Å². The van der Waals surface area contributed by atoms with Gasteiger partial charge in [0.1, 0.15) is 0 Å². The molecule has 1 heterocycles. The highest BCUT2D eigenvalue weighted by Crippen LogP contribution is 2.32. The minimum Gasteiger partial charge on any atom is -0.397 e. The molecular weight excluding hydrogens is 533 g/mol. The molecule has 0 saturated heterocycles. The SMILES string of the molecule is C[C@H](NC(=O)C(F)c1ccc2cc(C(=O)Nc3cc(-c4ccccc4)ccc3N)sc2c1)c1ccc(Cl)cc1. The van der Waals surface area contributed by atoms with Crippen molar-refractivity contribution in [3.05, 3.63) is 118 Å². The van der Waals surface area contributed by atoms with Crippen LogP contribution in [0.3, 0.4) is 0 Å². The van der Waals surface area contributed by atoms with Crippen LogP contribution in [0.1, 0.15) is 39.9 Å². The predicted molar refractivity (Wildman–Crippen MR) is 158 cm³/mol. The Labute approximate surface area is 234 Å². The summed E-state index contributed by atoms with van der Waals surface area (Å²) < 4.78 is 15.8. The Hall–Kier alpha value is -4.20. The van der Waals surface area contributed by atoms with Gasteiger partial charge in [-0.25, -0.2) is 4.39 Å². The van der Waals surface area contributed by atoms with Crippen molar-refractivity contribution in [1.29, 1.82) is 0 Å². The normalized spacial score (nSPS) is 12.6. The molecular formula is C31H25ClFN3O2S. The molecule has 0 bridgehead atoms. The van der Waals surface area contributed by atoms with Gasteiger partial charge >= 0.3 is 0 Å². The van der Waals surface area contributed by atoms with Crippen molar-refractivity contribution in [1.82, 2.24) is 5.32 Å². The van der Waals surface area contributed by atoms with Crippen molar-refractivity contribution in [2.45, 2.75) is 19.1 Å². The number of nitrogen functional groups attached to an aromatic ring is 1. The maximum Gasteiger partial charge on any atom is 0.265 e. The second-order valence-electron chi connectivity index (χ2n) is 9.17. The summed E-state index contributed by atoms with van der Waals surface area (Å²) in [6.07, 6.45) is -1.86. The van der Waals surface area contributed by atoms with E-state index in [1.807, 2.05) is 42.5 Å². The van der Waals surface area contributed by atoms with Crippen molar-refractivity contribution in [3.63, 3.8) is 0 Å². The third kappa shape index (κ3) is 5.95. The Balaban J connectivity index is 1.30. The van der Waals surface area contributed by atoms with Crippen LogP contribution < -0.4 is 16.4 Å². The highest BCUT2D eigenvalue weighted by atomic mass is 35.5. The first-order chi connectivity index (χ1) is 18.8. The second kappa shape index (κ2) is 11.3. The van der Waals surface area contributed by atoms with Crippen molar-refractivity contribution >= 4 is 56.2 Å². The monoisotopic (exact) mass is 557 g/mol. The molecule has 5 rings (SSSR count). The van der Waals surface area contributed by atoms with Crippen LogP contribution in [0.15, 0.2) is 97.1 Å². The topological polar surface area (TPSA) is 84.2 Å². The van der Waals surface area contributed by atoms with Crippen LogP contribution in [0.2, 0.25) is 5.02 Å². The molecule has 0 aliphatic carbocycles. The van der Waals surface area contributed by atoms with Crippen LogP contribution in [0.25, 0.3) is 21.2 Å². The second-order valence-corrected chi connectivity index (χ2v) is 10.7. The van der Waals surface area contributed by atoms with Crippen molar-refractivity contribution in [2.24, 2.45) is 0 Å². The summed E-state index contributed by atoms with van der Waals surface area (Å²) >= 11 is 7.14. The van der Waals surface area contributed by atoms with E-state index in [0.29, 0.717) is 26.0 Å². The molecule has 8 heteroatoms. The quantitative estimate of drug-likeness (QED) is 0.178. The minimum atomic E-state index is -1.86. The molecule has 5 aromatic rings. The first-order valence-corrected chi connectivity index (χ1v) is 13.5. The summed E-state index contributed by atoms with van der Waals surface area (Å²) in [6.45, 7) is 1.78. The lowest BCUT2D eigenvalue weighted by Gasteiger charge is -2.16. The maximum absolute atomic E-state index is 15.2. The number of hydrogen-bond donors (Lipinski definition) is 3. The predicted octanol–water partition coefficient (Wildman–Crippen LogP) is 7.94. The third-order valence-corrected chi connectivity index (χ3v) is 7.78. The molecule has 0 saturated carbocycles. The zero-order valence-corrected chi connectivity index (χ0v) is 22.5. The van der Waals surface area contributed by atoms with Gasteiger partial charge in [0, 0.05) is 9.72 Å². The van der Waals surface area contributed by atoms with Crippen LogP contribution in [0.5, 0.6) is 0 Å². The molecule has 0 radical (unpaired) electrons. The fraction of sp³-hybridized carbons (Fsp3) is 0.0968. The lowest BCUT2D eigenvalue weighted by molar-refractivity contribution is -0.126. The molecule has 0 aliphatic heterocycles. The molecule has 0 aliphatic rings. The summed E-state index contributed by atoms with van der Waals surface area (Å²) in [4.78, 5) is 26.2. The van der Waals surface area contributed by atoms with Crippen molar-refractivity contribution in [2.75, 3.05) is 11.1 Å². The lowest BCUT2D eigenvalue weighted by atomic mass is 10.0. The van der Waals surface area contributed by atoms with Gasteiger partial charge < -0.3 is 16.4 Å². The van der Waals surface area contributed by atoms with Crippen molar-refractivity contribution in [3.8, 4) is 11.1 Å². The number of nitrogens with one attached hydrogen (secondary N) is 2. The zero-order valence-electron chi connectivity index (χ0n) is 21.0.